The summed E-state index contributed by atoms with van der Waals surface area (Å²) in [7, 11) is 1.67. The molecule has 0 heterocycles. The Balaban J connectivity index is 3.61. The SMILES string of the molecule is CCNC(=O)CN(C)CC(N)=O. The molecule has 0 aliphatic heterocycles. The van der Waals surface area contributed by atoms with E-state index in [9.17, 15) is 9.59 Å². The van der Waals surface area contributed by atoms with E-state index in [1.165, 1.54) is 0 Å². The third kappa shape index (κ3) is 5.67. The van der Waals surface area contributed by atoms with Crippen LogP contribution >= 0.6 is 0 Å². The van der Waals surface area contributed by atoms with Gasteiger partial charge in [0.15, 0.2) is 0 Å². The number of amides is 2. The van der Waals surface area contributed by atoms with Gasteiger partial charge in [0.1, 0.15) is 0 Å². The van der Waals surface area contributed by atoms with Gasteiger partial charge in [-0.1, -0.05) is 0 Å². The van der Waals surface area contributed by atoms with Gasteiger partial charge in [0, 0.05) is 6.54 Å². The van der Waals surface area contributed by atoms with Crippen molar-refractivity contribution in [1.29, 1.82) is 0 Å². The van der Waals surface area contributed by atoms with Crippen molar-refractivity contribution in [3.8, 4) is 0 Å². The van der Waals surface area contributed by atoms with Gasteiger partial charge in [0.25, 0.3) is 0 Å². The molecule has 0 aliphatic rings. The molecule has 0 rings (SSSR count). The molecule has 0 radical (unpaired) electrons. The highest BCUT2D eigenvalue weighted by Crippen LogP contribution is 1.80. The number of nitrogens with two attached hydrogens (primary N) is 1. The van der Waals surface area contributed by atoms with Crippen molar-refractivity contribution in [1.82, 2.24) is 10.2 Å². The zero-order chi connectivity index (χ0) is 9.56. The minimum absolute atomic E-state index is 0.0961. The van der Waals surface area contributed by atoms with Crippen molar-refractivity contribution in [2.24, 2.45) is 5.73 Å². The van der Waals surface area contributed by atoms with Crippen LogP contribution in [0, 0.1) is 0 Å². The van der Waals surface area contributed by atoms with E-state index >= 15 is 0 Å². The molecule has 12 heavy (non-hydrogen) atoms. The Bertz CT molecular complexity index is 170. The monoisotopic (exact) mass is 173 g/mol. The molecule has 70 valence electrons. The fraction of sp³-hybridized carbons (Fsp3) is 0.714. The maximum absolute atomic E-state index is 10.9. The fourth-order valence-electron chi connectivity index (χ4n) is 0.820. The van der Waals surface area contributed by atoms with Gasteiger partial charge in [0.05, 0.1) is 13.1 Å². The number of primary amides is 1. The van der Waals surface area contributed by atoms with Gasteiger partial charge in [-0.15, -0.1) is 0 Å². The molecular weight excluding hydrogens is 158 g/mol. The molecule has 0 aromatic carbocycles. The van der Waals surface area contributed by atoms with Gasteiger partial charge in [-0.2, -0.15) is 0 Å². The van der Waals surface area contributed by atoms with Gasteiger partial charge < -0.3 is 11.1 Å². The Labute approximate surface area is 71.9 Å². The molecular formula is C7H15N3O2. The maximum atomic E-state index is 10.9. The number of hydrogen-bond donors (Lipinski definition) is 2. The van der Waals surface area contributed by atoms with Crippen molar-refractivity contribution < 1.29 is 9.59 Å². The van der Waals surface area contributed by atoms with E-state index in [0.29, 0.717) is 6.54 Å². The average Bonchev–Trinajstić information content (AvgIpc) is 1.84. The number of hydrogen-bond acceptors (Lipinski definition) is 3. The molecule has 0 spiro atoms. The second kappa shape index (κ2) is 5.54. The number of rotatable bonds is 5. The summed E-state index contributed by atoms with van der Waals surface area (Å²) in [5.41, 5.74) is 4.93. The topological polar surface area (TPSA) is 75.4 Å². The first kappa shape index (κ1) is 10.9. The molecule has 0 bridgehead atoms. The van der Waals surface area contributed by atoms with Crippen LogP contribution in [0.5, 0.6) is 0 Å². The first-order valence-corrected chi connectivity index (χ1v) is 3.79. The van der Waals surface area contributed by atoms with E-state index in [0.717, 1.165) is 0 Å². The Hall–Kier alpha value is -1.10. The largest absolute Gasteiger partial charge is 0.369 e. The number of nitrogens with one attached hydrogen (secondary N) is 1. The second-order valence-corrected chi connectivity index (χ2v) is 2.59. The van der Waals surface area contributed by atoms with Crippen molar-refractivity contribution in [2.45, 2.75) is 6.92 Å². The van der Waals surface area contributed by atoms with Gasteiger partial charge >= 0.3 is 0 Å². The van der Waals surface area contributed by atoms with E-state index in [-0.39, 0.29) is 19.0 Å². The van der Waals surface area contributed by atoms with Crippen LogP contribution in [0.15, 0.2) is 0 Å². The lowest BCUT2D eigenvalue weighted by molar-refractivity contribution is -0.123. The normalized spacial score (nSPS) is 9.92. The van der Waals surface area contributed by atoms with Crippen LogP contribution in [0.4, 0.5) is 0 Å². The van der Waals surface area contributed by atoms with E-state index in [1.54, 1.807) is 11.9 Å². The Kier molecular flexibility index (Phi) is 5.03. The van der Waals surface area contributed by atoms with E-state index in [4.69, 9.17) is 5.73 Å². The molecule has 5 heteroatoms. The van der Waals surface area contributed by atoms with Gasteiger partial charge in [-0.25, -0.2) is 0 Å². The lowest BCUT2D eigenvalue weighted by atomic mass is 10.4. The van der Waals surface area contributed by atoms with E-state index in [1.807, 2.05) is 6.92 Å². The Morgan fingerprint density at radius 2 is 2.00 bits per heavy atom. The summed E-state index contributed by atoms with van der Waals surface area (Å²) in [6, 6.07) is 0. The highest BCUT2D eigenvalue weighted by atomic mass is 16.2. The van der Waals surface area contributed by atoms with Crippen LogP contribution in [0.1, 0.15) is 6.92 Å². The standard InChI is InChI=1S/C7H15N3O2/c1-3-9-7(12)5-10(2)4-6(8)11/h3-5H2,1-2H3,(H2,8,11)(H,9,12). The predicted molar refractivity (Wildman–Crippen MR) is 45.4 cm³/mol. The lowest BCUT2D eigenvalue weighted by Gasteiger charge is -2.12. The number of carbonyl (C=O) groups excluding carboxylic acids is 2. The highest BCUT2D eigenvalue weighted by molar-refractivity contribution is 5.80. The molecule has 5 nitrogen and oxygen atoms in total. The quantitative estimate of drug-likeness (QED) is 0.533. The molecule has 0 aromatic rings. The molecule has 0 saturated heterocycles. The minimum Gasteiger partial charge on any atom is -0.369 e. The summed E-state index contributed by atoms with van der Waals surface area (Å²) in [4.78, 5) is 22.9. The first-order chi connectivity index (χ1) is 5.56. The first-order valence-electron chi connectivity index (χ1n) is 3.79. The number of nitrogens with zero attached hydrogens (tertiary/aromatic N) is 1. The van der Waals surface area contributed by atoms with Crippen LogP contribution in [0.25, 0.3) is 0 Å². The highest BCUT2D eigenvalue weighted by Gasteiger charge is 2.06. The molecule has 3 N–H and O–H groups in total. The third-order valence-electron chi connectivity index (χ3n) is 1.21. The minimum atomic E-state index is -0.429. The van der Waals surface area contributed by atoms with Gasteiger partial charge in [0.2, 0.25) is 11.8 Å². The molecule has 0 aromatic heterocycles. The average molecular weight is 173 g/mol. The van der Waals surface area contributed by atoms with Crippen molar-refractivity contribution in [3.05, 3.63) is 0 Å². The molecule has 0 atom stereocenters. The molecule has 0 fully saturated rings. The smallest absolute Gasteiger partial charge is 0.234 e. The molecule has 0 aliphatic carbocycles. The Morgan fingerprint density at radius 1 is 1.42 bits per heavy atom. The van der Waals surface area contributed by atoms with Crippen molar-refractivity contribution in [3.63, 3.8) is 0 Å². The summed E-state index contributed by atoms with van der Waals surface area (Å²) < 4.78 is 0. The van der Waals surface area contributed by atoms with Gasteiger partial charge in [-0.3, -0.25) is 14.5 Å². The fourth-order valence-corrected chi connectivity index (χ4v) is 0.820. The summed E-state index contributed by atoms with van der Waals surface area (Å²) in [6.07, 6.45) is 0. The van der Waals surface area contributed by atoms with Crippen molar-refractivity contribution in [2.75, 3.05) is 26.7 Å². The van der Waals surface area contributed by atoms with Crippen LogP contribution in [-0.4, -0.2) is 43.4 Å². The third-order valence-corrected chi connectivity index (χ3v) is 1.21. The molecule has 0 saturated carbocycles. The van der Waals surface area contributed by atoms with Crippen molar-refractivity contribution >= 4 is 11.8 Å². The summed E-state index contributed by atoms with van der Waals surface area (Å²) in [5.74, 6) is -0.525. The summed E-state index contributed by atoms with van der Waals surface area (Å²) >= 11 is 0. The summed E-state index contributed by atoms with van der Waals surface area (Å²) in [6.45, 7) is 2.75. The van der Waals surface area contributed by atoms with E-state index in [2.05, 4.69) is 5.32 Å². The van der Waals surface area contributed by atoms with Crippen LogP contribution < -0.4 is 11.1 Å². The van der Waals surface area contributed by atoms with Crippen LogP contribution in [0.3, 0.4) is 0 Å². The number of carbonyl (C=O) groups is 2. The lowest BCUT2D eigenvalue weighted by Crippen LogP contribution is -2.39. The zero-order valence-electron chi connectivity index (χ0n) is 7.46. The van der Waals surface area contributed by atoms with E-state index < -0.39 is 5.91 Å². The molecule has 2 amide bonds. The van der Waals surface area contributed by atoms with Gasteiger partial charge in [-0.05, 0) is 14.0 Å². The second-order valence-electron chi connectivity index (χ2n) is 2.59. The van der Waals surface area contributed by atoms with Crippen LogP contribution in [0.2, 0.25) is 0 Å². The maximum Gasteiger partial charge on any atom is 0.234 e. The molecule has 0 unspecified atom stereocenters. The summed E-state index contributed by atoms with van der Waals surface area (Å²) in [5, 5.41) is 2.62. The predicted octanol–water partition coefficient (Wildman–Crippen LogP) is -1.46. The Morgan fingerprint density at radius 3 is 2.42 bits per heavy atom. The van der Waals surface area contributed by atoms with Crippen LogP contribution in [-0.2, 0) is 9.59 Å². The zero-order valence-corrected chi connectivity index (χ0v) is 7.46. The number of likely N-dealkylation sites (N-methyl/N-ethyl adjacent to an activating group) is 2.